The average Bonchev–Trinajstić information content (AvgIpc) is 3.21. The van der Waals surface area contributed by atoms with Gasteiger partial charge in [-0.05, 0) is 55.1 Å². The third kappa shape index (κ3) is 4.14. The van der Waals surface area contributed by atoms with Gasteiger partial charge in [0.1, 0.15) is 5.78 Å². The topological polar surface area (TPSA) is 74.2 Å². The summed E-state index contributed by atoms with van der Waals surface area (Å²) >= 11 is 0. The molecule has 1 saturated heterocycles. The number of ether oxygens (including phenoxy) is 4. The minimum absolute atomic E-state index is 0.0300. The van der Waals surface area contributed by atoms with Crippen LogP contribution in [-0.4, -0.2) is 49.7 Å². The SMILES string of the molecule is COC1(OC)CCC2=C3[C@@H](CC[C@@]2(O)C1)[C@@H]1CCC(=O)[C@@]1(C)C[C@@H]3c1ccc(C2OCC(C)(C)CO2)cc1. The van der Waals surface area contributed by atoms with E-state index in [0.717, 1.165) is 37.7 Å². The van der Waals surface area contributed by atoms with E-state index in [9.17, 15) is 9.90 Å². The summed E-state index contributed by atoms with van der Waals surface area (Å²) in [4.78, 5) is 13.3. The Balaban J connectivity index is 1.38. The maximum atomic E-state index is 13.3. The van der Waals surface area contributed by atoms with Crippen molar-refractivity contribution in [2.45, 2.75) is 95.7 Å². The molecular formula is C32H44O6. The first-order valence-corrected chi connectivity index (χ1v) is 14.5. The Morgan fingerprint density at radius 1 is 0.921 bits per heavy atom. The Bertz CT molecular complexity index is 1110. The van der Waals surface area contributed by atoms with Crippen molar-refractivity contribution < 1.29 is 28.8 Å². The number of fused-ring (bicyclic) bond motifs is 4. The molecule has 6 nitrogen and oxygen atoms in total. The molecule has 6 rings (SSSR count). The van der Waals surface area contributed by atoms with Crippen molar-refractivity contribution in [1.29, 1.82) is 0 Å². The second-order valence-electron chi connectivity index (χ2n) is 13.6. The second-order valence-corrected chi connectivity index (χ2v) is 13.6. The smallest absolute Gasteiger partial charge is 0.183 e. The first-order chi connectivity index (χ1) is 18.0. The predicted molar refractivity (Wildman–Crippen MR) is 143 cm³/mol. The molecule has 4 fully saturated rings. The van der Waals surface area contributed by atoms with Crippen LogP contribution in [0.2, 0.25) is 0 Å². The number of aliphatic hydroxyl groups is 1. The predicted octanol–water partition coefficient (Wildman–Crippen LogP) is 5.84. The van der Waals surface area contributed by atoms with Gasteiger partial charge in [0.15, 0.2) is 12.1 Å². The first kappa shape index (κ1) is 26.6. The van der Waals surface area contributed by atoms with Crippen LogP contribution in [0.5, 0.6) is 0 Å². The highest BCUT2D eigenvalue weighted by Crippen LogP contribution is 2.64. The van der Waals surface area contributed by atoms with Crippen LogP contribution in [0.15, 0.2) is 35.4 Å². The van der Waals surface area contributed by atoms with Gasteiger partial charge in [0, 0.05) is 55.8 Å². The molecule has 1 N–H and O–H groups in total. The van der Waals surface area contributed by atoms with Gasteiger partial charge in [0.05, 0.1) is 18.8 Å². The Hall–Kier alpha value is -1.57. The van der Waals surface area contributed by atoms with Crippen LogP contribution in [0, 0.1) is 22.7 Å². The zero-order valence-corrected chi connectivity index (χ0v) is 23.7. The molecule has 1 aliphatic heterocycles. The Kier molecular flexibility index (Phi) is 6.48. The Labute approximate surface area is 227 Å². The minimum atomic E-state index is -0.929. The molecule has 1 heterocycles. The molecule has 0 unspecified atom stereocenters. The molecule has 0 bridgehead atoms. The van der Waals surface area contributed by atoms with E-state index in [1.807, 2.05) is 0 Å². The summed E-state index contributed by atoms with van der Waals surface area (Å²) in [5.41, 5.74) is 3.64. The van der Waals surface area contributed by atoms with Crippen LogP contribution < -0.4 is 0 Å². The number of carbonyl (C=O) groups excluding carboxylic acids is 1. The summed E-state index contributed by atoms with van der Waals surface area (Å²) < 4.78 is 23.7. The van der Waals surface area contributed by atoms with Crippen molar-refractivity contribution in [2.75, 3.05) is 27.4 Å². The van der Waals surface area contributed by atoms with Gasteiger partial charge in [-0.2, -0.15) is 0 Å². The fourth-order valence-electron chi connectivity index (χ4n) is 8.54. The van der Waals surface area contributed by atoms with Gasteiger partial charge >= 0.3 is 0 Å². The quantitative estimate of drug-likeness (QED) is 0.394. The van der Waals surface area contributed by atoms with Gasteiger partial charge < -0.3 is 24.1 Å². The van der Waals surface area contributed by atoms with E-state index in [1.165, 1.54) is 16.7 Å². The molecule has 1 aromatic carbocycles. The van der Waals surface area contributed by atoms with Crippen molar-refractivity contribution in [2.24, 2.45) is 22.7 Å². The normalized spacial score (nSPS) is 38.5. The summed E-state index contributed by atoms with van der Waals surface area (Å²) in [6.07, 6.45) is 5.66. The number of benzene rings is 1. The molecule has 5 aliphatic rings. The van der Waals surface area contributed by atoms with Crippen LogP contribution in [0.25, 0.3) is 0 Å². The van der Waals surface area contributed by atoms with E-state index >= 15 is 0 Å². The van der Waals surface area contributed by atoms with Gasteiger partial charge in [0.25, 0.3) is 0 Å². The van der Waals surface area contributed by atoms with Gasteiger partial charge in [-0.1, -0.05) is 50.6 Å². The van der Waals surface area contributed by atoms with Crippen molar-refractivity contribution in [3.63, 3.8) is 0 Å². The van der Waals surface area contributed by atoms with Crippen LogP contribution >= 0.6 is 0 Å². The van der Waals surface area contributed by atoms with E-state index in [1.54, 1.807) is 14.2 Å². The molecule has 4 aliphatic carbocycles. The van der Waals surface area contributed by atoms with Crippen molar-refractivity contribution in [3.8, 4) is 0 Å². The summed E-state index contributed by atoms with van der Waals surface area (Å²) in [6.45, 7) is 7.86. The maximum Gasteiger partial charge on any atom is 0.183 e. The van der Waals surface area contributed by atoms with Gasteiger partial charge in [-0.15, -0.1) is 0 Å². The summed E-state index contributed by atoms with van der Waals surface area (Å²) in [5.74, 6) is 0.488. The lowest BCUT2D eigenvalue weighted by molar-refractivity contribution is -0.246. The highest BCUT2D eigenvalue weighted by molar-refractivity contribution is 5.87. The first-order valence-electron chi connectivity index (χ1n) is 14.5. The van der Waals surface area contributed by atoms with Crippen molar-refractivity contribution >= 4 is 5.78 Å². The van der Waals surface area contributed by atoms with E-state index in [-0.39, 0.29) is 23.0 Å². The van der Waals surface area contributed by atoms with Crippen molar-refractivity contribution in [1.82, 2.24) is 0 Å². The maximum absolute atomic E-state index is 13.3. The monoisotopic (exact) mass is 524 g/mol. The van der Waals surface area contributed by atoms with E-state index < -0.39 is 11.4 Å². The largest absolute Gasteiger partial charge is 0.385 e. The summed E-state index contributed by atoms with van der Waals surface area (Å²) in [7, 11) is 3.36. The molecule has 6 heteroatoms. The minimum Gasteiger partial charge on any atom is -0.385 e. The highest BCUT2D eigenvalue weighted by Gasteiger charge is 2.60. The standard InChI is InChI=1S/C32H44O6/c1-29(2)18-37-28(38-19-29)21-8-6-20(7-9-21)23-16-30(3)24(10-11-26(30)33)22-12-14-31(34)17-32(35-4,36-5)15-13-25(31)27(22)23/h6-9,22-24,28,34H,10-19H2,1-5H3/t22-,23+,24-,30-,31+/m0/s1. The van der Waals surface area contributed by atoms with Crippen LogP contribution in [0.3, 0.4) is 0 Å². The van der Waals surface area contributed by atoms with Crippen LogP contribution in [0.4, 0.5) is 0 Å². The third-order valence-electron chi connectivity index (χ3n) is 10.7. The van der Waals surface area contributed by atoms with Gasteiger partial charge in [0.2, 0.25) is 0 Å². The van der Waals surface area contributed by atoms with Crippen molar-refractivity contribution in [3.05, 3.63) is 46.5 Å². The molecule has 208 valence electrons. The summed E-state index contributed by atoms with van der Waals surface area (Å²) in [5, 5.41) is 12.1. The number of hydrogen-bond acceptors (Lipinski definition) is 6. The number of hydrogen-bond donors (Lipinski definition) is 1. The molecule has 0 spiro atoms. The highest BCUT2D eigenvalue weighted by atomic mass is 16.7. The number of ketones is 1. The lowest BCUT2D eigenvalue weighted by Crippen LogP contribution is -2.54. The lowest BCUT2D eigenvalue weighted by Gasteiger charge is -2.55. The molecule has 3 saturated carbocycles. The summed E-state index contributed by atoms with van der Waals surface area (Å²) in [6, 6.07) is 8.65. The number of Topliss-reactive ketones (excluding diaryl/α,β-unsaturated/α-hetero) is 1. The second kappa shape index (κ2) is 9.24. The van der Waals surface area contributed by atoms with E-state index in [2.05, 4.69) is 45.0 Å². The number of rotatable bonds is 4. The molecule has 0 radical (unpaired) electrons. The van der Waals surface area contributed by atoms with Gasteiger partial charge in [-0.3, -0.25) is 4.79 Å². The fraction of sp³-hybridized carbons (Fsp3) is 0.719. The number of allylic oxidation sites excluding steroid dienone is 1. The van der Waals surface area contributed by atoms with Crippen LogP contribution in [0.1, 0.15) is 95.5 Å². The number of methoxy groups -OCH3 is 2. The average molecular weight is 525 g/mol. The molecule has 0 amide bonds. The third-order valence-corrected chi connectivity index (χ3v) is 10.7. The molecule has 1 aromatic rings. The number of carbonyl (C=O) groups is 1. The lowest BCUT2D eigenvalue weighted by atomic mass is 9.51. The zero-order chi connectivity index (χ0) is 26.9. The van der Waals surface area contributed by atoms with E-state index in [4.69, 9.17) is 18.9 Å². The van der Waals surface area contributed by atoms with Crippen LogP contribution in [-0.2, 0) is 23.7 Å². The molecular weight excluding hydrogens is 480 g/mol. The van der Waals surface area contributed by atoms with E-state index in [0.29, 0.717) is 50.1 Å². The molecule has 5 atom stereocenters. The molecule has 38 heavy (non-hydrogen) atoms. The zero-order valence-electron chi connectivity index (χ0n) is 23.7. The fourth-order valence-corrected chi connectivity index (χ4v) is 8.54. The Morgan fingerprint density at radius 2 is 1.58 bits per heavy atom. The van der Waals surface area contributed by atoms with Gasteiger partial charge in [-0.25, -0.2) is 0 Å². The Morgan fingerprint density at radius 3 is 2.24 bits per heavy atom. The molecule has 0 aromatic heterocycles.